The normalized spacial score (nSPS) is 18.9. The van der Waals surface area contributed by atoms with Crippen LogP contribution < -0.4 is 14.8 Å². The van der Waals surface area contributed by atoms with Gasteiger partial charge in [-0.05, 0) is 47.2 Å². The lowest BCUT2D eigenvalue weighted by molar-refractivity contribution is -0.118. The van der Waals surface area contributed by atoms with Crippen molar-refractivity contribution in [2.45, 2.75) is 43.4 Å². The Morgan fingerprint density at radius 1 is 0.971 bits per heavy atom. The molecule has 0 saturated carbocycles. The van der Waals surface area contributed by atoms with Crippen molar-refractivity contribution in [2.75, 3.05) is 12.4 Å². The highest BCUT2D eigenvalue weighted by Gasteiger charge is 2.39. The molecule has 0 spiro atoms. The van der Waals surface area contributed by atoms with Gasteiger partial charge < -0.3 is 14.8 Å². The lowest BCUT2D eigenvalue weighted by Gasteiger charge is -2.34. The Morgan fingerprint density at radius 2 is 1.74 bits per heavy atom. The van der Waals surface area contributed by atoms with Crippen molar-refractivity contribution in [2.24, 2.45) is 5.41 Å². The van der Waals surface area contributed by atoms with E-state index in [4.69, 9.17) is 9.47 Å². The van der Waals surface area contributed by atoms with Crippen LogP contribution in [0.1, 0.15) is 43.1 Å². The van der Waals surface area contributed by atoms with Gasteiger partial charge in [0.1, 0.15) is 6.61 Å². The molecular formula is C29H29NO3S. The molecule has 1 N–H and O–H groups in total. The third-order valence-electron chi connectivity index (χ3n) is 6.33. The molecule has 2 aliphatic rings. The maximum atomic E-state index is 13.4. The van der Waals surface area contributed by atoms with E-state index in [0.29, 0.717) is 24.5 Å². The first-order valence-corrected chi connectivity index (χ1v) is 12.4. The molecule has 3 aromatic carbocycles. The molecule has 0 aromatic heterocycles. The van der Waals surface area contributed by atoms with Crippen LogP contribution in [0.3, 0.4) is 0 Å². The number of ketones is 1. The van der Waals surface area contributed by atoms with Gasteiger partial charge in [0.15, 0.2) is 17.3 Å². The number of hydrogen-bond acceptors (Lipinski definition) is 5. The Bertz CT molecular complexity index is 1250. The molecule has 1 heterocycles. The van der Waals surface area contributed by atoms with Gasteiger partial charge in [0.05, 0.1) is 18.0 Å². The van der Waals surface area contributed by atoms with Gasteiger partial charge in [0.2, 0.25) is 0 Å². The van der Waals surface area contributed by atoms with Gasteiger partial charge in [-0.3, -0.25) is 4.79 Å². The molecule has 174 valence electrons. The summed E-state index contributed by atoms with van der Waals surface area (Å²) in [5, 5.41) is 3.49. The summed E-state index contributed by atoms with van der Waals surface area (Å²) in [7, 11) is 1.66. The number of hydrogen-bond donors (Lipinski definition) is 1. The van der Waals surface area contributed by atoms with Gasteiger partial charge in [-0.2, -0.15) is 0 Å². The second-order valence-electron chi connectivity index (χ2n) is 9.64. The van der Waals surface area contributed by atoms with Gasteiger partial charge in [-0.25, -0.2) is 0 Å². The van der Waals surface area contributed by atoms with Crippen molar-refractivity contribution in [1.82, 2.24) is 0 Å². The van der Waals surface area contributed by atoms with Gasteiger partial charge >= 0.3 is 0 Å². The Kier molecular flexibility index (Phi) is 6.13. The number of anilines is 1. The van der Waals surface area contributed by atoms with E-state index >= 15 is 0 Å². The number of fused-ring (bicyclic) bond motifs is 1. The largest absolute Gasteiger partial charge is 0.493 e. The van der Waals surface area contributed by atoms with E-state index in [0.717, 1.165) is 39.4 Å². The first-order chi connectivity index (χ1) is 16.4. The van der Waals surface area contributed by atoms with Crippen molar-refractivity contribution in [3.63, 3.8) is 0 Å². The van der Waals surface area contributed by atoms with Gasteiger partial charge in [-0.1, -0.05) is 62.4 Å². The SMILES string of the molecule is COc1cc([C@@H]2Sc3ccccc3NC3=C2C(=O)CC(C)(C)C3)ccc1OCc1ccccc1. The monoisotopic (exact) mass is 471 g/mol. The molecule has 0 radical (unpaired) electrons. The summed E-state index contributed by atoms with van der Waals surface area (Å²) in [5.74, 6) is 1.58. The molecule has 0 unspecified atom stereocenters. The molecule has 0 saturated heterocycles. The molecule has 0 bridgehead atoms. The summed E-state index contributed by atoms with van der Waals surface area (Å²) in [6.45, 7) is 4.79. The van der Waals surface area contributed by atoms with Crippen LogP contribution >= 0.6 is 11.8 Å². The third kappa shape index (κ3) is 4.58. The van der Waals surface area contributed by atoms with E-state index in [1.165, 1.54) is 0 Å². The van der Waals surface area contributed by atoms with Crippen molar-refractivity contribution in [3.05, 3.63) is 95.2 Å². The smallest absolute Gasteiger partial charge is 0.162 e. The van der Waals surface area contributed by atoms with Crippen LogP contribution in [0.15, 0.2) is 89.0 Å². The minimum atomic E-state index is -0.119. The van der Waals surface area contributed by atoms with E-state index in [1.54, 1.807) is 18.9 Å². The molecule has 34 heavy (non-hydrogen) atoms. The van der Waals surface area contributed by atoms with Crippen LogP contribution in [0.2, 0.25) is 0 Å². The fraction of sp³-hybridized carbons (Fsp3) is 0.276. The second kappa shape index (κ2) is 9.22. The van der Waals surface area contributed by atoms with Crippen molar-refractivity contribution >= 4 is 23.2 Å². The number of para-hydroxylation sites is 1. The van der Waals surface area contributed by atoms with E-state index in [1.807, 2.05) is 54.6 Å². The minimum Gasteiger partial charge on any atom is -0.493 e. The van der Waals surface area contributed by atoms with E-state index in [-0.39, 0.29) is 16.4 Å². The van der Waals surface area contributed by atoms with Crippen LogP contribution in [-0.4, -0.2) is 12.9 Å². The lowest BCUT2D eigenvalue weighted by Crippen LogP contribution is -2.29. The first-order valence-electron chi connectivity index (χ1n) is 11.6. The Labute approximate surface area is 205 Å². The zero-order valence-corrected chi connectivity index (χ0v) is 20.6. The molecule has 5 rings (SSSR count). The van der Waals surface area contributed by atoms with Gasteiger partial charge in [-0.15, -0.1) is 11.8 Å². The average Bonchev–Trinajstić information content (AvgIpc) is 2.99. The number of Topliss-reactive ketones (excluding diaryl/α,β-unsaturated/α-hetero) is 1. The van der Waals surface area contributed by atoms with Crippen LogP contribution in [0.5, 0.6) is 11.5 Å². The maximum absolute atomic E-state index is 13.4. The summed E-state index contributed by atoms with van der Waals surface area (Å²) in [5.41, 5.74) is 5.04. The number of rotatable bonds is 5. The molecule has 0 amide bonds. The highest BCUT2D eigenvalue weighted by atomic mass is 32.2. The number of ether oxygens (including phenoxy) is 2. The summed E-state index contributed by atoms with van der Waals surface area (Å²) < 4.78 is 11.8. The minimum absolute atomic E-state index is 0.0652. The van der Waals surface area contributed by atoms with Crippen molar-refractivity contribution < 1.29 is 14.3 Å². The van der Waals surface area contributed by atoms with Crippen LogP contribution in [0.25, 0.3) is 0 Å². The van der Waals surface area contributed by atoms with Gasteiger partial charge in [0, 0.05) is 22.6 Å². The van der Waals surface area contributed by atoms with E-state index in [2.05, 4.69) is 37.4 Å². The summed E-state index contributed by atoms with van der Waals surface area (Å²) in [6, 6.07) is 24.4. The zero-order valence-electron chi connectivity index (χ0n) is 19.8. The third-order valence-corrected chi connectivity index (χ3v) is 7.68. The number of methoxy groups -OCH3 is 1. The first kappa shape index (κ1) is 22.6. The number of carbonyl (C=O) groups excluding carboxylic acids is 1. The number of nitrogens with one attached hydrogen (secondary N) is 1. The highest BCUT2D eigenvalue weighted by Crippen LogP contribution is 2.52. The Morgan fingerprint density at radius 3 is 2.53 bits per heavy atom. The molecule has 4 nitrogen and oxygen atoms in total. The molecule has 0 fully saturated rings. The standard InChI is InChI=1S/C29H29NO3S/c1-29(2)16-22-27(23(31)17-29)28(34-26-12-8-7-11-21(26)30-22)20-13-14-24(25(15-20)32-3)33-18-19-9-5-4-6-10-19/h4-15,28,30H,16-18H2,1-3H3/t28-/m0/s1. The molecule has 1 aliphatic carbocycles. The van der Waals surface area contributed by atoms with Gasteiger partial charge in [0.25, 0.3) is 0 Å². The molecular weight excluding hydrogens is 442 g/mol. The zero-order chi connectivity index (χ0) is 23.7. The van der Waals surface area contributed by atoms with Crippen LogP contribution in [-0.2, 0) is 11.4 Å². The number of thioether (sulfide) groups is 1. The highest BCUT2D eigenvalue weighted by molar-refractivity contribution is 8.00. The number of benzene rings is 3. The molecule has 1 atom stereocenters. The lowest BCUT2D eigenvalue weighted by atomic mass is 9.74. The van der Waals surface area contributed by atoms with Crippen molar-refractivity contribution in [1.29, 1.82) is 0 Å². The summed E-state index contributed by atoms with van der Waals surface area (Å²) in [4.78, 5) is 14.6. The predicted molar refractivity (Wildman–Crippen MR) is 137 cm³/mol. The van der Waals surface area contributed by atoms with E-state index < -0.39 is 0 Å². The molecule has 1 aliphatic heterocycles. The predicted octanol–water partition coefficient (Wildman–Crippen LogP) is 7.18. The number of carbonyl (C=O) groups is 1. The summed E-state index contributed by atoms with van der Waals surface area (Å²) in [6.07, 6.45) is 1.39. The summed E-state index contributed by atoms with van der Waals surface area (Å²) >= 11 is 1.72. The fourth-order valence-electron chi connectivity index (χ4n) is 4.71. The quantitative estimate of drug-likeness (QED) is 0.427. The Balaban J connectivity index is 1.52. The molecule has 5 heteroatoms. The number of allylic oxidation sites excluding steroid dienone is 1. The topological polar surface area (TPSA) is 47.6 Å². The average molecular weight is 472 g/mol. The second-order valence-corrected chi connectivity index (χ2v) is 10.8. The van der Waals surface area contributed by atoms with Crippen LogP contribution in [0, 0.1) is 5.41 Å². The molecule has 3 aromatic rings. The van der Waals surface area contributed by atoms with Crippen molar-refractivity contribution in [3.8, 4) is 11.5 Å². The Hall–Kier alpha value is -3.18. The van der Waals surface area contributed by atoms with Crippen LogP contribution in [0.4, 0.5) is 5.69 Å². The maximum Gasteiger partial charge on any atom is 0.162 e. The fourth-order valence-corrected chi connectivity index (χ4v) is 6.04. The van der Waals surface area contributed by atoms with E-state index in [9.17, 15) is 4.79 Å².